The van der Waals surface area contributed by atoms with E-state index in [1.54, 1.807) is 12.0 Å². The molecule has 0 aliphatic heterocycles. The van der Waals surface area contributed by atoms with Crippen molar-refractivity contribution in [1.82, 2.24) is 0 Å². The van der Waals surface area contributed by atoms with Crippen molar-refractivity contribution in [3.63, 3.8) is 0 Å². The summed E-state index contributed by atoms with van der Waals surface area (Å²) in [6.45, 7) is 10.5. The molecule has 0 bridgehead atoms. The second kappa shape index (κ2) is 29.4. The van der Waals surface area contributed by atoms with Crippen LogP contribution in [0.4, 0.5) is 0 Å². The van der Waals surface area contributed by atoms with Crippen LogP contribution in [0, 0.1) is 0 Å². The van der Waals surface area contributed by atoms with Crippen molar-refractivity contribution in [2.75, 3.05) is 33.4 Å². The summed E-state index contributed by atoms with van der Waals surface area (Å²) in [4.78, 5) is 20.8. The van der Waals surface area contributed by atoms with Gasteiger partial charge in [0.15, 0.2) is 0 Å². The molecule has 0 saturated carbocycles. The molecule has 0 radical (unpaired) electrons. The Labute approximate surface area is 194 Å². The average molecular weight is 446 g/mol. The van der Waals surface area contributed by atoms with Gasteiger partial charge in [0.05, 0.1) is 20.2 Å². The fourth-order valence-electron chi connectivity index (χ4n) is 3.66. The lowest BCUT2D eigenvalue weighted by molar-refractivity contribution is -0.902. The molecule has 5 nitrogen and oxygen atoms in total. The van der Waals surface area contributed by atoms with Crippen LogP contribution in [0.5, 0.6) is 0 Å². The second-order valence-corrected chi connectivity index (χ2v) is 8.66. The Balaban J connectivity index is 0. The zero-order chi connectivity index (χ0) is 23.4. The van der Waals surface area contributed by atoms with Gasteiger partial charge in [0.1, 0.15) is 13.2 Å². The molecule has 31 heavy (non-hydrogen) atoms. The lowest BCUT2D eigenvalue weighted by Gasteiger charge is -2.19. The van der Waals surface area contributed by atoms with E-state index in [1.807, 2.05) is 0 Å². The maximum absolute atomic E-state index is 9.26. The van der Waals surface area contributed by atoms with Gasteiger partial charge in [0.2, 0.25) is 0 Å². The van der Waals surface area contributed by atoms with Crippen LogP contribution in [-0.2, 0) is 14.6 Å². The van der Waals surface area contributed by atoms with Crippen LogP contribution < -0.4 is 10.0 Å². The van der Waals surface area contributed by atoms with E-state index in [1.165, 1.54) is 123 Å². The van der Waals surface area contributed by atoms with Crippen molar-refractivity contribution in [3.05, 3.63) is 0 Å². The number of hydrogen-bond donors (Lipinski definition) is 1. The summed E-state index contributed by atoms with van der Waals surface area (Å²) in [5.74, 6) is -0.995. The van der Waals surface area contributed by atoms with Crippen LogP contribution in [0.1, 0.15) is 130 Å². The SMILES string of the molecule is CCC(=O)[O-].CCCCCCCCCC[NH+](CCCCCCCCCC)CCOOC. The highest BCUT2D eigenvalue weighted by Crippen LogP contribution is 2.08. The maximum Gasteiger partial charge on any atom is 0.131 e. The molecule has 0 rings (SSSR count). The van der Waals surface area contributed by atoms with Gasteiger partial charge in [-0.2, -0.15) is 0 Å². The Morgan fingerprint density at radius 2 is 1.00 bits per heavy atom. The quantitative estimate of drug-likeness (QED) is 0.138. The van der Waals surface area contributed by atoms with Gasteiger partial charge in [-0.05, 0) is 32.1 Å². The fraction of sp³-hybridized carbons (Fsp3) is 0.962. The van der Waals surface area contributed by atoms with Gasteiger partial charge in [-0.1, -0.05) is 97.8 Å². The lowest BCUT2D eigenvalue weighted by Crippen LogP contribution is -3.12. The number of nitrogens with one attached hydrogen (secondary N) is 1. The van der Waals surface area contributed by atoms with Gasteiger partial charge < -0.3 is 14.8 Å². The molecule has 0 aromatic rings. The van der Waals surface area contributed by atoms with Crippen LogP contribution in [-0.4, -0.2) is 39.3 Å². The van der Waals surface area contributed by atoms with Crippen molar-refractivity contribution in [2.45, 2.75) is 130 Å². The Morgan fingerprint density at radius 1 is 0.645 bits per heavy atom. The number of carbonyl (C=O) groups excluding carboxylic acids is 1. The molecule has 0 aliphatic carbocycles. The van der Waals surface area contributed by atoms with E-state index >= 15 is 0 Å². The van der Waals surface area contributed by atoms with E-state index < -0.39 is 5.97 Å². The average Bonchev–Trinajstić information content (AvgIpc) is 2.77. The second-order valence-electron chi connectivity index (χ2n) is 8.66. The minimum Gasteiger partial charge on any atom is -0.550 e. The van der Waals surface area contributed by atoms with Crippen molar-refractivity contribution < 1.29 is 24.6 Å². The van der Waals surface area contributed by atoms with Gasteiger partial charge in [-0.25, -0.2) is 9.78 Å². The molecule has 0 aromatic carbocycles. The normalized spacial score (nSPS) is 10.9. The van der Waals surface area contributed by atoms with Gasteiger partial charge >= 0.3 is 0 Å². The van der Waals surface area contributed by atoms with Crippen molar-refractivity contribution in [3.8, 4) is 0 Å². The molecule has 0 aromatic heterocycles. The number of aliphatic carboxylic acids is 1. The van der Waals surface area contributed by atoms with Crippen molar-refractivity contribution in [2.24, 2.45) is 0 Å². The molecule has 0 aliphatic rings. The molecule has 0 unspecified atom stereocenters. The van der Waals surface area contributed by atoms with Crippen molar-refractivity contribution >= 4 is 5.97 Å². The molecule has 188 valence electrons. The molecule has 5 heteroatoms. The molecule has 0 amide bonds. The van der Waals surface area contributed by atoms with Crippen LogP contribution >= 0.6 is 0 Å². The van der Waals surface area contributed by atoms with E-state index in [9.17, 15) is 9.90 Å². The summed E-state index contributed by atoms with van der Waals surface area (Å²) < 4.78 is 0. The summed E-state index contributed by atoms with van der Waals surface area (Å²) in [5.41, 5.74) is 0. The van der Waals surface area contributed by atoms with Gasteiger partial charge in [0, 0.05) is 5.97 Å². The van der Waals surface area contributed by atoms with E-state index in [2.05, 4.69) is 13.8 Å². The standard InChI is InChI=1S/C23H49NO2.C3H6O2/c1-4-6-8-10-12-14-16-18-20-24(22-23-26-25-3)21-19-17-15-13-11-9-7-5-2;1-2-3(4)5/h4-23H2,1-3H3;2H2,1H3,(H,4,5). The van der Waals surface area contributed by atoms with Crippen LogP contribution in [0.2, 0.25) is 0 Å². The van der Waals surface area contributed by atoms with Gasteiger partial charge in [0.25, 0.3) is 0 Å². The topological polar surface area (TPSA) is 63.0 Å². The molecule has 0 spiro atoms. The number of carbonyl (C=O) groups is 1. The zero-order valence-electron chi connectivity index (χ0n) is 21.5. The predicted octanol–water partition coefficient (Wildman–Crippen LogP) is 4.88. The van der Waals surface area contributed by atoms with Gasteiger partial charge in [-0.3, -0.25) is 0 Å². The Kier molecular flexibility index (Phi) is 30.8. The first-order valence-corrected chi connectivity index (χ1v) is 13.3. The third-order valence-corrected chi connectivity index (χ3v) is 5.71. The Morgan fingerprint density at radius 3 is 1.32 bits per heavy atom. The number of carboxylic acids is 1. The van der Waals surface area contributed by atoms with E-state index in [0.717, 1.165) is 13.2 Å². The Hall–Kier alpha value is -0.650. The molecule has 0 atom stereocenters. The predicted molar refractivity (Wildman–Crippen MR) is 129 cm³/mol. The minimum atomic E-state index is -0.995. The number of quaternary nitrogens is 1. The summed E-state index contributed by atoms with van der Waals surface area (Å²) in [6, 6.07) is 0. The van der Waals surface area contributed by atoms with Crippen LogP contribution in [0.15, 0.2) is 0 Å². The van der Waals surface area contributed by atoms with E-state index in [4.69, 9.17) is 9.78 Å². The summed E-state index contributed by atoms with van der Waals surface area (Å²) >= 11 is 0. The fourth-order valence-corrected chi connectivity index (χ4v) is 3.66. The highest BCUT2D eigenvalue weighted by Gasteiger charge is 2.08. The molecular weight excluding hydrogens is 390 g/mol. The number of hydrogen-bond acceptors (Lipinski definition) is 4. The highest BCUT2D eigenvalue weighted by molar-refractivity contribution is 5.63. The smallest absolute Gasteiger partial charge is 0.131 e. The maximum atomic E-state index is 9.26. The summed E-state index contributed by atoms with van der Waals surface area (Å²) in [5, 5.41) is 9.26. The number of carboxylic acid groups (broad SMARTS) is 1. The van der Waals surface area contributed by atoms with E-state index in [-0.39, 0.29) is 6.42 Å². The Bertz CT molecular complexity index is 319. The molecule has 0 saturated heterocycles. The first kappa shape index (κ1) is 32.5. The first-order valence-electron chi connectivity index (χ1n) is 13.3. The third-order valence-electron chi connectivity index (χ3n) is 5.71. The van der Waals surface area contributed by atoms with Crippen LogP contribution in [0.3, 0.4) is 0 Å². The number of rotatable bonds is 23. The summed E-state index contributed by atoms with van der Waals surface area (Å²) in [7, 11) is 1.61. The lowest BCUT2D eigenvalue weighted by atomic mass is 10.1. The third kappa shape index (κ3) is 31.6. The zero-order valence-corrected chi connectivity index (χ0v) is 21.5. The molecule has 1 N–H and O–H groups in total. The summed E-state index contributed by atoms with van der Waals surface area (Å²) in [6.07, 6.45) is 22.6. The molecule has 0 heterocycles. The molecule has 0 fully saturated rings. The highest BCUT2D eigenvalue weighted by atomic mass is 17.2. The van der Waals surface area contributed by atoms with E-state index in [0.29, 0.717) is 0 Å². The monoisotopic (exact) mass is 445 g/mol. The van der Waals surface area contributed by atoms with Gasteiger partial charge in [-0.15, -0.1) is 0 Å². The minimum absolute atomic E-state index is 0.111. The number of unbranched alkanes of at least 4 members (excludes halogenated alkanes) is 14. The van der Waals surface area contributed by atoms with Crippen LogP contribution in [0.25, 0.3) is 0 Å². The largest absolute Gasteiger partial charge is 0.550 e. The molecular formula is C26H55NO4. The first-order chi connectivity index (χ1) is 15.1. The van der Waals surface area contributed by atoms with Crippen molar-refractivity contribution in [1.29, 1.82) is 0 Å².